The number of nitrogens with one attached hydrogen (secondary N) is 1. The van der Waals surface area contributed by atoms with Crippen molar-refractivity contribution in [1.82, 2.24) is 0 Å². The number of Topliss-reactive ketones (excluding diaryl/α,β-unsaturated/α-hetero) is 1. The zero-order valence-corrected chi connectivity index (χ0v) is 10.3. The van der Waals surface area contributed by atoms with Crippen LogP contribution in [0, 0.1) is 0 Å². The van der Waals surface area contributed by atoms with Crippen molar-refractivity contribution in [3.8, 4) is 0 Å². The van der Waals surface area contributed by atoms with Gasteiger partial charge in [-0.05, 0) is 18.2 Å². The average molecular weight is 268 g/mol. The lowest BCUT2D eigenvalue weighted by molar-refractivity contribution is 0.0989. The lowest BCUT2D eigenvalue weighted by Crippen LogP contribution is -2.06. The summed E-state index contributed by atoms with van der Waals surface area (Å²) in [6.07, 6.45) is 2.28. The summed E-state index contributed by atoms with van der Waals surface area (Å²) in [5, 5.41) is 3.15. The first-order chi connectivity index (χ1) is 7.19. The second-order valence-electron chi connectivity index (χ2n) is 3.14. The summed E-state index contributed by atoms with van der Waals surface area (Å²) in [6.45, 7) is 6.15. The molecule has 0 saturated heterocycles. The largest absolute Gasteiger partial charge is 0.381 e. The highest BCUT2D eigenvalue weighted by molar-refractivity contribution is 9.10. The Hall–Kier alpha value is -1.09. The topological polar surface area (TPSA) is 29.1 Å². The highest BCUT2D eigenvalue weighted by Crippen LogP contribution is 2.22. The van der Waals surface area contributed by atoms with Crippen molar-refractivity contribution < 1.29 is 4.79 Å². The summed E-state index contributed by atoms with van der Waals surface area (Å²) in [7, 11) is 0. The molecule has 0 aliphatic heterocycles. The molecule has 1 aromatic carbocycles. The third kappa shape index (κ3) is 3.20. The Morgan fingerprint density at radius 1 is 1.60 bits per heavy atom. The summed E-state index contributed by atoms with van der Waals surface area (Å²) >= 11 is 3.38. The van der Waals surface area contributed by atoms with Crippen LogP contribution in [-0.2, 0) is 0 Å². The van der Waals surface area contributed by atoms with Crippen LogP contribution in [0.1, 0.15) is 23.7 Å². The van der Waals surface area contributed by atoms with Crippen LogP contribution in [0.2, 0.25) is 0 Å². The van der Waals surface area contributed by atoms with Crippen LogP contribution in [0.25, 0.3) is 0 Å². The van der Waals surface area contributed by atoms with Gasteiger partial charge in [-0.15, -0.1) is 6.58 Å². The van der Waals surface area contributed by atoms with E-state index < -0.39 is 0 Å². The molecule has 1 rings (SSSR count). The molecule has 1 aromatic rings. The van der Waals surface area contributed by atoms with Gasteiger partial charge in [0.1, 0.15) is 0 Å². The minimum Gasteiger partial charge on any atom is -0.381 e. The molecule has 0 aromatic heterocycles. The summed E-state index contributed by atoms with van der Waals surface area (Å²) in [6, 6.07) is 5.62. The van der Waals surface area contributed by atoms with E-state index in [4.69, 9.17) is 0 Å². The summed E-state index contributed by atoms with van der Waals surface area (Å²) in [4.78, 5) is 11.6. The van der Waals surface area contributed by atoms with Crippen molar-refractivity contribution in [2.75, 3.05) is 11.9 Å². The maximum absolute atomic E-state index is 11.6. The van der Waals surface area contributed by atoms with E-state index in [1.165, 1.54) is 0 Å². The zero-order valence-electron chi connectivity index (χ0n) is 8.72. The average Bonchev–Trinajstić information content (AvgIpc) is 2.25. The predicted octanol–water partition coefficient (Wildman–Crippen LogP) is 3.64. The van der Waals surface area contributed by atoms with Crippen LogP contribution in [0.5, 0.6) is 0 Å². The van der Waals surface area contributed by atoms with Gasteiger partial charge in [-0.25, -0.2) is 0 Å². The number of hydrogen-bond donors (Lipinski definition) is 1. The molecule has 3 heteroatoms. The molecule has 80 valence electrons. The molecule has 15 heavy (non-hydrogen) atoms. The van der Waals surface area contributed by atoms with Crippen molar-refractivity contribution in [2.24, 2.45) is 0 Å². The number of anilines is 1. The molecular formula is C12H14BrNO. The number of rotatable bonds is 5. The van der Waals surface area contributed by atoms with E-state index in [-0.39, 0.29) is 5.78 Å². The standard InChI is InChI=1S/C12H14BrNO/c1-3-7-14-11-8-9(13)5-6-10(11)12(15)4-2/h3,5-6,8,14H,1,4,7H2,2H3. The Balaban J connectivity index is 3.02. The molecule has 0 radical (unpaired) electrons. The first kappa shape index (κ1) is 12.0. The van der Waals surface area contributed by atoms with Gasteiger partial charge in [-0.2, -0.15) is 0 Å². The van der Waals surface area contributed by atoms with Gasteiger partial charge in [0.2, 0.25) is 0 Å². The van der Waals surface area contributed by atoms with Crippen LogP contribution in [0.3, 0.4) is 0 Å². The highest BCUT2D eigenvalue weighted by Gasteiger charge is 2.08. The first-order valence-electron chi connectivity index (χ1n) is 4.86. The number of benzene rings is 1. The van der Waals surface area contributed by atoms with Crippen molar-refractivity contribution in [1.29, 1.82) is 0 Å². The van der Waals surface area contributed by atoms with Gasteiger partial charge in [0.15, 0.2) is 5.78 Å². The number of hydrogen-bond acceptors (Lipinski definition) is 2. The first-order valence-corrected chi connectivity index (χ1v) is 5.65. The second kappa shape index (κ2) is 5.71. The van der Waals surface area contributed by atoms with Crippen LogP contribution in [0.4, 0.5) is 5.69 Å². The summed E-state index contributed by atoms with van der Waals surface area (Å²) in [5.74, 6) is 0.147. The lowest BCUT2D eigenvalue weighted by Gasteiger charge is -2.09. The molecule has 0 spiro atoms. The van der Waals surface area contributed by atoms with Gasteiger partial charge in [0.25, 0.3) is 0 Å². The Labute approximate surface area is 98.5 Å². The Kier molecular flexibility index (Phi) is 4.56. The van der Waals surface area contributed by atoms with Gasteiger partial charge in [-0.3, -0.25) is 4.79 Å². The number of carbonyl (C=O) groups is 1. The fraction of sp³-hybridized carbons (Fsp3) is 0.250. The van der Waals surface area contributed by atoms with E-state index in [0.717, 1.165) is 15.7 Å². The Bertz CT molecular complexity index is 374. The normalized spacial score (nSPS) is 9.73. The smallest absolute Gasteiger partial charge is 0.164 e. The van der Waals surface area contributed by atoms with Crippen LogP contribution >= 0.6 is 15.9 Å². The van der Waals surface area contributed by atoms with Gasteiger partial charge >= 0.3 is 0 Å². The second-order valence-corrected chi connectivity index (χ2v) is 4.05. The molecule has 2 nitrogen and oxygen atoms in total. The minimum absolute atomic E-state index is 0.147. The number of halogens is 1. The van der Waals surface area contributed by atoms with Gasteiger partial charge in [0, 0.05) is 28.7 Å². The van der Waals surface area contributed by atoms with Crippen LogP contribution in [-0.4, -0.2) is 12.3 Å². The molecule has 0 heterocycles. The molecule has 0 bridgehead atoms. The van der Waals surface area contributed by atoms with E-state index in [1.807, 2.05) is 25.1 Å². The van der Waals surface area contributed by atoms with Gasteiger partial charge < -0.3 is 5.32 Å². The molecule has 0 aliphatic rings. The third-order valence-corrected chi connectivity index (χ3v) is 2.53. The van der Waals surface area contributed by atoms with E-state index in [0.29, 0.717) is 13.0 Å². The monoisotopic (exact) mass is 267 g/mol. The molecule has 1 N–H and O–H groups in total. The zero-order chi connectivity index (χ0) is 11.3. The fourth-order valence-electron chi connectivity index (χ4n) is 1.28. The molecule has 0 amide bonds. The molecule has 0 saturated carbocycles. The van der Waals surface area contributed by atoms with Gasteiger partial charge in [-0.1, -0.05) is 28.9 Å². The Morgan fingerprint density at radius 2 is 2.33 bits per heavy atom. The summed E-state index contributed by atoms with van der Waals surface area (Å²) in [5.41, 5.74) is 1.60. The minimum atomic E-state index is 0.147. The fourth-order valence-corrected chi connectivity index (χ4v) is 1.64. The van der Waals surface area contributed by atoms with Crippen molar-refractivity contribution in [3.05, 3.63) is 40.9 Å². The van der Waals surface area contributed by atoms with E-state index >= 15 is 0 Å². The van der Waals surface area contributed by atoms with E-state index in [9.17, 15) is 4.79 Å². The maximum atomic E-state index is 11.6. The molecule has 0 fully saturated rings. The van der Waals surface area contributed by atoms with E-state index in [2.05, 4.69) is 27.8 Å². The molecule has 0 atom stereocenters. The maximum Gasteiger partial charge on any atom is 0.164 e. The quantitative estimate of drug-likeness (QED) is 0.652. The van der Waals surface area contributed by atoms with E-state index in [1.54, 1.807) is 6.08 Å². The number of ketones is 1. The van der Waals surface area contributed by atoms with Crippen molar-refractivity contribution in [3.63, 3.8) is 0 Å². The number of carbonyl (C=O) groups excluding carboxylic acids is 1. The predicted molar refractivity (Wildman–Crippen MR) is 67.5 cm³/mol. The van der Waals surface area contributed by atoms with Gasteiger partial charge in [0.05, 0.1) is 0 Å². The SMILES string of the molecule is C=CCNc1cc(Br)ccc1C(=O)CC. The summed E-state index contributed by atoms with van der Waals surface area (Å²) < 4.78 is 0.960. The lowest BCUT2D eigenvalue weighted by atomic mass is 10.1. The van der Waals surface area contributed by atoms with Crippen molar-refractivity contribution in [2.45, 2.75) is 13.3 Å². The van der Waals surface area contributed by atoms with Crippen molar-refractivity contribution >= 4 is 27.4 Å². The Morgan fingerprint density at radius 3 is 2.93 bits per heavy atom. The van der Waals surface area contributed by atoms with Crippen LogP contribution in [0.15, 0.2) is 35.3 Å². The molecular weight excluding hydrogens is 254 g/mol. The van der Waals surface area contributed by atoms with Crippen LogP contribution < -0.4 is 5.32 Å². The highest BCUT2D eigenvalue weighted by atomic mass is 79.9. The third-order valence-electron chi connectivity index (χ3n) is 2.04. The molecule has 0 unspecified atom stereocenters. The molecule has 0 aliphatic carbocycles.